The average molecular weight is 247 g/mol. The van der Waals surface area contributed by atoms with E-state index in [1.54, 1.807) is 7.11 Å². The maximum Gasteiger partial charge on any atom is 0.122 e. The van der Waals surface area contributed by atoms with Crippen molar-refractivity contribution in [3.05, 3.63) is 29.3 Å². The molecule has 1 aliphatic carbocycles. The number of ether oxygens (including phenoxy) is 1. The summed E-state index contributed by atoms with van der Waals surface area (Å²) in [5, 5.41) is 3.64. The van der Waals surface area contributed by atoms with E-state index in [2.05, 4.69) is 44.3 Å². The van der Waals surface area contributed by atoms with Crippen LogP contribution < -0.4 is 10.1 Å². The molecule has 100 valence electrons. The van der Waals surface area contributed by atoms with E-state index < -0.39 is 0 Å². The van der Waals surface area contributed by atoms with Gasteiger partial charge in [-0.3, -0.25) is 0 Å². The van der Waals surface area contributed by atoms with Gasteiger partial charge in [-0.05, 0) is 49.8 Å². The smallest absolute Gasteiger partial charge is 0.122 e. The van der Waals surface area contributed by atoms with Crippen LogP contribution in [0, 0.1) is 18.8 Å². The first kappa shape index (κ1) is 13.4. The van der Waals surface area contributed by atoms with Gasteiger partial charge in [0.2, 0.25) is 0 Å². The fraction of sp³-hybridized carbons (Fsp3) is 0.625. The molecule has 0 amide bonds. The van der Waals surface area contributed by atoms with Crippen LogP contribution in [0.5, 0.6) is 5.75 Å². The zero-order valence-corrected chi connectivity index (χ0v) is 12.0. The predicted molar refractivity (Wildman–Crippen MR) is 76.2 cm³/mol. The van der Waals surface area contributed by atoms with Crippen LogP contribution in [0.15, 0.2) is 18.2 Å². The number of methoxy groups -OCH3 is 1. The quantitative estimate of drug-likeness (QED) is 0.833. The standard InChI is InChI=1S/C16H25NO/c1-5-17-15(14-9-12(14)3)10-13-8-11(2)6-7-16(13)18-4/h6-8,12,14-15,17H,5,9-10H2,1-4H3. The number of hydrogen-bond donors (Lipinski definition) is 1. The molecule has 1 saturated carbocycles. The van der Waals surface area contributed by atoms with Crippen LogP contribution in [-0.4, -0.2) is 19.7 Å². The number of hydrogen-bond acceptors (Lipinski definition) is 2. The van der Waals surface area contributed by atoms with Gasteiger partial charge in [0, 0.05) is 6.04 Å². The summed E-state index contributed by atoms with van der Waals surface area (Å²) >= 11 is 0. The van der Waals surface area contributed by atoms with E-state index in [-0.39, 0.29) is 0 Å². The molecule has 0 bridgehead atoms. The van der Waals surface area contributed by atoms with Crippen molar-refractivity contribution in [2.45, 2.75) is 39.7 Å². The van der Waals surface area contributed by atoms with Crippen molar-refractivity contribution >= 4 is 0 Å². The minimum Gasteiger partial charge on any atom is -0.496 e. The summed E-state index contributed by atoms with van der Waals surface area (Å²) in [6.07, 6.45) is 2.44. The zero-order chi connectivity index (χ0) is 13.1. The van der Waals surface area contributed by atoms with Gasteiger partial charge < -0.3 is 10.1 Å². The SMILES string of the molecule is CCNC(Cc1cc(C)ccc1OC)C1CC1C. The van der Waals surface area contributed by atoms with Crippen LogP contribution >= 0.6 is 0 Å². The molecule has 1 N–H and O–H groups in total. The summed E-state index contributed by atoms with van der Waals surface area (Å²) in [6.45, 7) is 7.73. The van der Waals surface area contributed by atoms with Crippen molar-refractivity contribution in [3.8, 4) is 5.75 Å². The van der Waals surface area contributed by atoms with E-state index in [0.717, 1.165) is 30.6 Å². The molecule has 3 unspecified atom stereocenters. The number of nitrogens with one attached hydrogen (secondary N) is 1. The Morgan fingerprint density at radius 3 is 2.72 bits per heavy atom. The third-order valence-electron chi connectivity index (χ3n) is 4.03. The predicted octanol–water partition coefficient (Wildman–Crippen LogP) is 3.18. The van der Waals surface area contributed by atoms with Gasteiger partial charge >= 0.3 is 0 Å². The minimum absolute atomic E-state index is 0.598. The van der Waals surface area contributed by atoms with Crippen molar-refractivity contribution in [1.29, 1.82) is 0 Å². The molecule has 0 spiro atoms. The lowest BCUT2D eigenvalue weighted by Crippen LogP contribution is -2.33. The van der Waals surface area contributed by atoms with Crippen molar-refractivity contribution in [3.63, 3.8) is 0 Å². The summed E-state index contributed by atoms with van der Waals surface area (Å²) in [5.74, 6) is 2.75. The molecule has 0 saturated heterocycles. The lowest BCUT2D eigenvalue weighted by molar-refractivity contribution is 0.398. The van der Waals surface area contributed by atoms with E-state index in [1.807, 2.05) is 0 Å². The molecule has 2 heteroatoms. The van der Waals surface area contributed by atoms with Crippen molar-refractivity contribution in [2.75, 3.05) is 13.7 Å². The first-order chi connectivity index (χ1) is 8.65. The second kappa shape index (κ2) is 5.75. The molecular weight excluding hydrogens is 222 g/mol. The number of rotatable bonds is 6. The molecule has 18 heavy (non-hydrogen) atoms. The van der Waals surface area contributed by atoms with E-state index in [0.29, 0.717) is 6.04 Å². The van der Waals surface area contributed by atoms with Gasteiger partial charge in [-0.15, -0.1) is 0 Å². The van der Waals surface area contributed by atoms with Gasteiger partial charge in [0.05, 0.1) is 7.11 Å². The molecule has 1 aromatic carbocycles. The maximum atomic E-state index is 5.48. The zero-order valence-electron chi connectivity index (χ0n) is 12.0. The molecule has 0 heterocycles. The Bertz CT molecular complexity index is 402. The molecule has 1 aliphatic rings. The summed E-state index contributed by atoms with van der Waals surface area (Å²) in [5.41, 5.74) is 2.65. The Morgan fingerprint density at radius 2 is 2.17 bits per heavy atom. The van der Waals surface area contributed by atoms with Gasteiger partial charge in [0.25, 0.3) is 0 Å². The summed E-state index contributed by atoms with van der Waals surface area (Å²) < 4.78 is 5.48. The van der Waals surface area contributed by atoms with Crippen LogP contribution in [-0.2, 0) is 6.42 Å². The lowest BCUT2D eigenvalue weighted by atomic mass is 9.98. The molecule has 2 rings (SSSR count). The largest absolute Gasteiger partial charge is 0.496 e. The Morgan fingerprint density at radius 1 is 1.44 bits per heavy atom. The second-order valence-corrected chi connectivity index (χ2v) is 5.56. The van der Waals surface area contributed by atoms with Gasteiger partial charge in [-0.2, -0.15) is 0 Å². The van der Waals surface area contributed by atoms with Gasteiger partial charge in [-0.1, -0.05) is 31.5 Å². The Hall–Kier alpha value is -1.02. The molecule has 0 aromatic heterocycles. The molecule has 2 nitrogen and oxygen atoms in total. The normalized spacial score (nSPS) is 23.8. The highest BCUT2D eigenvalue weighted by Gasteiger charge is 2.39. The van der Waals surface area contributed by atoms with Gasteiger partial charge in [0.1, 0.15) is 5.75 Å². The lowest BCUT2D eigenvalue weighted by Gasteiger charge is -2.19. The molecular formula is C16H25NO. The summed E-state index contributed by atoms with van der Waals surface area (Å²) in [6, 6.07) is 7.06. The number of benzene rings is 1. The van der Waals surface area contributed by atoms with Crippen LogP contribution in [0.2, 0.25) is 0 Å². The molecule has 1 aromatic rings. The first-order valence-corrected chi connectivity index (χ1v) is 7.02. The molecule has 1 fully saturated rings. The Balaban J connectivity index is 2.12. The third-order valence-corrected chi connectivity index (χ3v) is 4.03. The highest BCUT2D eigenvalue weighted by molar-refractivity contribution is 5.37. The number of likely N-dealkylation sites (N-methyl/N-ethyl adjacent to an activating group) is 1. The molecule has 0 aliphatic heterocycles. The number of aryl methyl sites for hydroxylation is 1. The molecule has 3 atom stereocenters. The van der Waals surface area contributed by atoms with Crippen LogP contribution in [0.1, 0.15) is 31.4 Å². The van der Waals surface area contributed by atoms with E-state index in [4.69, 9.17) is 4.74 Å². The third kappa shape index (κ3) is 3.05. The Labute approximate surface area is 111 Å². The average Bonchev–Trinajstić information content (AvgIpc) is 3.06. The topological polar surface area (TPSA) is 21.3 Å². The monoisotopic (exact) mass is 247 g/mol. The summed E-state index contributed by atoms with van der Waals surface area (Å²) in [7, 11) is 1.76. The highest BCUT2D eigenvalue weighted by Crippen LogP contribution is 2.42. The van der Waals surface area contributed by atoms with Crippen molar-refractivity contribution in [1.82, 2.24) is 5.32 Å². The van der Waals surface area contributed by atoms with Crippen LogP contribution in [0.25, 0.3) is 0 Å². The summed E-state index contributed by atoms with van der Waals surface area (Å²) in [4.78, 5) is 0. The second-order valence-electron chi connectivity index (χ2n) is 5.56. The van der Waals surface area contributed by atoms with Crippen LogP contribution in [0.3, 0.4) is 0 Å². The maximum absolute atomic E-state index is 5.48. The Kier molecular flexibility index (Phi) is 4.28. The van der Waals surface area contributed by atoms with Gasteiger partial charge in [0.15, 0.2) is 0 Å². The first-order valence-electron chi connectivity index (χ1n) is 7.02. The van der Waals surface area contributed by atoms with E-state index >= 15 is 0 Å². The van der Waals surface area contributed by atoms with Crippen LogP contribution in [0.4, 0.5) is 0 Å². The fourth-order valence-electron chi connectivity index (χ4n) is 2.85. The van der Waals surface area contributed by atoms with Crippen molar-refractivity contribution in [2.24, 2.45) is 11.8 Å². The fourth-order valence-corrected chi connectivity index (χ4v) is 2.85. The van der Waals surface area contributed by atoms with E-state index in [9.17, 15) is 0 Å². The highest BCUT2D eigenvalue weighted by atomic mass is 16.5. The van der Waals surface area contributed by atoms with Crippen molar-refractivity contribution < 1.29 is 4.74 Å². The minimum atomic E-state index is 0.598. The van der Waals surface area contributed by atoms with E-state index in [1.165, 1.54) is 17.5 Å². The molecule has 0 radical (unpaired) electrons. The van der Waals surface area contributed by atoms with Gasteiger partial charge in [-0.25, -0.2) is 0 Å².